The fourth-order valence-electron chi connectivity index (χ4n) is 5.45. The molecule has 146 valence electrons. The van der Waals surface area contributed by atoms with Crippen LogP contribution in [0.25, 0.3) is 0 Å². The van der Waals surface area contributed by atoms with Crippen LogP contribution in [0.3, 0.4) is 0 Å². The van der Waals surface area contributed by atoms with E-state index in [1.165, 1.54) is 31.4 Å². The highest BCUT2D eigenvalue weighted by molar-refractivity contribution is 5.89. The summed E-state index contributed by atoms with van der Waals surface area (Å²) in [5.41, 5.74) is 1.12. The Kier molecular flexibility index (Phi) is 5.33. The van der Waals surface area contributed by atoms with Gasteiger partial charge in [-0.1, -0.05) is 6.07 Å². The van der Waals surface area contributed by atoms with E-state index < -0.39 is 23.6 Å². The Morgan fingerprint density at radius 2 is 1.81 bits per heavy atom. The first-order valence-electron chi connectivity index (χ1n) is 9.02. The molecule has 1 saturated heterocycles. The van der Waals surface area contributed by atoms with Crippen molar-refractivity contribution < 1.29 is 28.6 Å². The minimum atomic E-state index is -1.26. The monoisotopic (exact) mass is 379 g/mol. The van der Waals surface area contributed by atoms with E-state index >= 15 is 0 Å². The van der Waals surface area contributed by atoms with Gasteiger partial charge >= 0.3 is 11.9 Å². The molecule has 2 saturated carbocycles. The number of likely N-dealkylation sites (tertiary alicyclic amines) is 1. The molecule has 3 aliphatic rings. The Hall–Kier alpha value is -2.28. The van der Waals surface area contributed by atoms with Crippen LogP contribution in [0, 0.1) is 29.4 Å². The number of carboxylic acid groups (broad SMARTS) is 2. The van der Waals surface area contributed by atoms with E-state index in [0.29, 0.717) is 24.0 Å². The third kappa shape index (κ3) is 3.60. The fourth-order valence-corrected chi connectivity index (χ4v) is 5.45. The summed E-state index contributed by atoms with van der Waals surface area (Å²) < 4.78 is 26.8. The van der Waals surface area contributed by atoms with Gasteiger partial charge in [0.1, 0.15) is 0 Å². The van der Waals surface area contributed by atoms with Gasteiger partial charge in [0.05, 0.1) is 0 Å². The summed E-state index contributed by atoms with van der Waals surface area (Å²) in [4.78, 5) is 21.5. The highest BCUT2D eigenvalue weighted by Crippen LogP contribution is 2.63. The molecule has 2 bridgehead atoms. The number of nitrogens with zero attached hydrogens (tertiary/aromatic N) is 1. The third-order valence-corrected chi connectivity index (χ3v) is 6.30. The smallest absolute Gasteiger partial charge is 0.328 e. The average molecular weight is 379 g/mol. The van der Waals surface area contributed by atoms with E-state index in [1.807, 2.05) is 6.07 Å². The van der Waals surface area contributed by atoms with Gasteiger partial charge in [0, 0.05) is 30.7 Å². The molecule has 7 heteroatoms. The van der Waals surface area contributed by atoms with Crippen LogP contribution in [0.1, 0.15) is 24.8 Å². The second-order valence-corrected chi connectivity index (χ2v) is 7.75. The quantitative estimate of drug-likeness (QED) is 0.790. The van der Waals surface area contributed by atoms with Crippen LogP contribution >= 0.6 is 0 Å². The number of fused-ring (bicyclic) bond motifs is 5. The maximum atomic E-state index is 13.6. The lowest BCUT2D eigenvalue weighted by molar-refractivity contribution is -0.134. The molecule has 1 aromatic rings. The first-order chi connectivity index (χ1) is 12.7. The minimum absolute atomic E-state index is 0.0895. The molecular formula is C20H23F2NO4. The summed E-state index contributed by atoms with van der Waals surface area (Å²) in [6.07, 6.45) is 4.99. The van der Waals surface area contributed by atoms with Crippen molar-refractivity contribution in [2.75, 3.05) is 20.1 Å². The van der Waals surface area contributed by atoms with Crippen molar-refractivity contribution in [2.24, 2.45) is 17.8 Å². The van der Waals surface area contributed by atoms with Crippen LogP contribution in [0.4, 0.5) is 8.78 Å². The molecule has 0 spiro atoms. The fraction of sp³-hybridized carbons (Fsp3) is 0.500. The molecule has 0 aromatic heterocycles. The van der Waals surface area contributed by atoms with E-state index in [-0.39, 0.29) is 5.41 Å². The Bertz CT molecular complexity index is 765. The van der Waals surface area contributed by atoms with Gasteiger partial charge in [-0.15, -0.1) is 0 Å². The number of rotatable bonds is 3. The van der Waals surface area contributed by atoms with Gasteiger partial charge in [-0.25, -0.2) is 18.4 Å². The number of benzene rings is 1. The van der Waals surface area contributed by atoms with Crippen LogP contribution in [-0.4, -0.2) is 47.2 Å². The largest absolute Gasteiger partial charge is 0.478 e. The molecule has 27 heavy (non-hydrogen) atoms. The van der Waals surface area contributed by atoms with E-state index in [4.69, 9.17) is 10.2 Å². The lowest BCUT2D eigenvalue weighted by atomic mass is 9.64. The predicted octanol–water partition coefficient (Wildman–Crippen LogP) is 2.91. The first-order valence-corrected chi connectivity index (χ1v) is 9.02. The third-order valence-electron chi connectivity index (χ3n) is 6.30. The summed E-state index contributed by atoms with van der Waals surface area (Å²) in [5, 5.41) is 15.6. The van der Waals surface area contributed by atoms with E-state index in [9.17, 15) is 18.4 Å². The highest BCUT2D eigenvalue weighted by atomic mass is 19.2. The number of halogens is 2. The Morgan fingerprint density at radius 1 is 1.15 bits per heavy atom. The molecule has 2 aliphatic carbocycles. The number of carboxylic acids is 2. The molecule has 1 aromatic carbocycles. The van der Waals surface area contributed by atoms with Crippen LogP contribution in [0.15, 0.2) is 30.4 Å². The van der Waals surface area contributed by atoms with Crippen molar-refractivity contribution in [3.63, 3.8) is 0 Å². The number of aliphatic carboxylic acids is 2. The number of carbonyl (C=O) groups is 2. The second-order valence-electron chi connectivity index (χ2n) is 7.75. The molecule has 4 rings (SSSR count). The lowest BCUT2D eigenvalue weighted by Crippen LogP contribution is -2.40. The molecule has 1 aliphatic heterocycles. The van der Waals surface area contributed by atoms with Crippen molar-refractivity contribution in [3.8, 4) is 0 Å². The maximum absolute atomic E-state index is 13.6. The van der Waals surface area contributed by atoms with Gasteiger partial charge < -0.3 is 15.1 Å². The SMILES string of the molecule is CN1CC2C3CCC(C3)C2(c2ccc(F)c(F)c2)C1.O=C(O)C=CC(=O)O. The summed E-state index contributed by atoms with van der Waals surface area (Å²) in [6, 6.07) is 4.59. The average Bonchev–Trinajstić information content (AvgIpc) is 3.27. The highest BCUT2D eigenvalue weighted by Gasteiger charge is 2.61. The molecule has 2 N–H and O–H groups in total. The zero-order valence-corrected chi connectivity index (χ0v) is 15.1. The summed E-state index contributed by atoms with van der Waals surface area (Å²) in [5.74, 6) is -1.84. The van der Waals surface area contributed by atoms with Gasteiger partial charge in [0.25, 0.3) is 0 Å². The van der Waals surface area contributed by atoms with Crippen molar-refractivity contribution in [2.45, 2.75) is 24.7 Å². The van der Waals surface area contributed by atoms with E-state index in [0.717, 1.165) is 24.6 Å². The van der Waals surface area contributed by atoms with Crippen molar-refractivity contribution in [1.29, 1.82) is 0 Å². The summed E-state index contributed by atoms with van der Waals surface area (Å²) >= 11 is 0. The van der Waals surface area contributed by atoms with Crippen LogP contribution < -0.4 is 0 Å². The molecule has 4 atom stereocenters. The van der Waals surface area contributed by atoms with Crippen LogP contribution in [0.2, 0.25) is 0 Å². The summed E-state index contributed by atoms with van der Waals surface area (Å²) in [7, 11) is 2.15. The topological polar surface area (TPSA) is 77.8 Å². The van der Waals surface area contributed by atoms with Gasteiger partial charge in [-0.05, 0) is 61.8 Å². The predicted molar refractivity (Wildman–Crippen MR) is 94.3 cm³/mol. The summed E-state index contributed by atoms with van der Waals surface area (Å²) in [6.45, 7) is 2.12. The molecule has 5 nitrogen and oxygen atoms in total. The van der Waals surface area contributed by atoms with Crippen molar-refractivity contribution in [3.05, 3.63) is 47.5 Å². The molecular weight excluding hydrogens is 356 g/mol. The van der Waals surface area contributed by atoms with E-state index in [1.54, 1.807) is 0 Å². The molecule has 4 unspecified atom stereocenters. The molecule has 3 fully saturated rings. The van der Waals surface area contributed by atoms with Crippen molar-refractivity contribution in [1.82, 2.24) is 4.90 Å². The zero-order valence-electron chi connectivity index (χ0n) is 15.1. The zero-order chi connectivity index (χ0) is 19.8. The minimum Gasteiger partial charge on any atom is -0.478 e. The normalized spacial score (nSPS) is 31.6. The van der Waals surface area contributed by atoms with Gasteiger partial charge in [-0.3, -0.25) is 0 Å². The Balaban J connectivity index is 0.000000226. The Labute approximate surface area is 156 Å². The van der Waals surface area contributed by atoms with Gasteiger partial charge in [-0.2, -0.15) is 0 Å². The van der Waals surface area contributed by atoms with Gasteiger partial charge in [0.15, 0.2) is 11.6 Å². The second kappa shape index (κ2) is 7.38. The van der Waals surface area contributed by atoms with Crippen LogP contribution in [-0.2, 0) is 15.0 Å². The number of hydrogen-bond acceptors (Lipinski definition) is 3. The van der Waals surface area contributed by atoms with Crippen molar-refractivity contribution >= 4 is 11.9 Å². The number of likely N-dealkylation sites (N-methyl/N-ethyl adjacent to an activating group) is 1. The van der Waals surface area contributed by atoms with E-state index in [2.05, 4.69) is 11.9 Å². The molecule has 0 radical (unpaired) electrons. The lowest BCUT2D eigenvalue weighted by Gasteiger charge is -2.39. The van der Waals surface area contributed by atoms with Gasteiger partial charge in [0.2, 0.25) is 0 Å². The molecule has 0 amide bonds. The first kappa shape index (κ1) is 19.5. The number of hydrogen-bond donors (Lipinski definition) is 2. The van der Waals surface area contributed by atoms with Crippen LogP contribution in [0.5, 0.6) is 0 Å². The molecule has 1 heterocycles. The maximum Gasteiger partial charge on any atom is 0.328 e. The Morgan fingerprint density at radius 3 is 2.41 bits per heavy atom. The standard InChI is InChI=1S/C16H19F2N.C4H4O4/c1-19-8-13-10-2-3-11(6-10)16(13,9-19)12-4-5-14(17)15(18)7-12;5-3(6)1-2-4(7)8/h4-5,7,10-11,13H,2-3,6,8-9H2,1H3;1-2H,(H,5,6)(H,7,8).